The van der Waals surface area contributed by atoms with Crippen molar-refractivity contribution in [2.24, 2.45) is 10.8 Å². The van der Waals surface area contributed by atoms with Gasteiger partial charge in [-0.3, -0.25) is 20.4 Å². The summed E-state index contributed by atoms with van der Waals surface area (Å²) in [5.41, 5.74) is 5.73. The number of amides is 2. The molecule has 0 bridgehead atoms. The maximum absolute atomic E-state index is 11.8. The Morgan fingerprint density at radius 2 is 1.42 bits per heavy atom. The number of carbonyl (C=O) groups is 2. The number of hydrogen-bond donors (Lipinski definition) is 2. The molecule has 1 rings (SSSR count). The summed E-state index contributed by atoms with van der Waals surface area (Å²) in [4.78, 5) is 23.5. The fourth-order valence-corrected chi connectivity index (χ4v) is 2.93. The molecule has 0 saturated heterocycles. The summed E-state index contributed by atoms with van der Waals surface area (Å²) in [7, 11) is 0. The van der Waals surface area contributed by atoms with Crippen molar-refractivity contribution in [3.8, 4) is 5.75 Å². The predicted molar refractivity (Wildman–Crippen MR) is 105 cm³/mol. The number of hydrazine groups is 1. The minimum atomic E-state index is -0.566. The fourth-order valence-electron chi connectivity index (χ4n) is 2.93. The van der Waals surface area contributed by atoms with Gasteiger partial charge in [0.2, 0.25) is 5.91 Å². The van der Waals surface area contributed by atoms with E-state index < -0.39 is 11.3 Å². The molecule has 0 unspecified atom stereocenters. The zero-order chi connectivity index (χ0) is 20.2. The maximum Gasteiger partial charge on any atom is 0.276 e. The van der Waals surface area contributed by atoms with Crippen LogP contribution in [0.5, 0.6) is 5.75 Å². The SMILES string of the molecule is CC(C)(C)CC(C)(C)c1ccc(OCC(=O)NNC(=O)C(C)(C)C)cc1. The van der Waals surface area contributed by atoms with Gasteiger partial charge >= 0.3 is 0 Å². The van der Waals surface area contributed by atoms with Gasteiger partial charge in [0.1, 0.15) is 5.75 Å². The summed E-state index contributed by atoms with van der Waals surface area (Å²) >= 11 is 0. The van der Waals surface area contributed by atoms with Crippen LogP contribution >= 0.6 is 0 Å². The van der Waals surface area contributed by atoms with E-state index in [2.05, 4.69) is 45.5 Å². The van der Waals surface area contributed by atoms with Gasteiger partial charge in [0.15, 0.2) is 6.61 Å². The second-order valence-electron chi connectivity index (χ2n) is 9.69. The Hall–Kier alpha value is -2.04. The van der Waals surface area contributed by atoms with E-state index in [0.29, 0.717) is 5.75 Å². The van der Waals surface area contributed by atoms with Crippen LogP contribution in [0.15, 0.2) is 24.3 Å². The molecule has 146 valence electrons. The summed E-state index contributed by atoms with van der Waals surface area (Å²) in [6, 6.07) is 7.84. The molecule has 5 heteroatoms. The highest BCUT2D eigenvalue weighted by Gasteiger charge is 2.27. The van der Waals surface area contributed by atoms with E-state index in [1.165, 1.54) is 5.56 Å². The summed E-state index contributed by atoms with van der Waals surface area (Å²) in [6.45, 7) is 16.3. The highest BCUT2D eigenvalue weighted by molar-refractivity contribution is 5.85. The van der Waals surface area contributed by atoms with Gasteiger partial charge in [0.25, 0.3) is 5.91 Å². The van der Waals surface area contributed by atoms with E-state index in [1.807, 2.05) is 24.3 Å². The quantitative estimate of drug-likeness (QED) is 0.779. The molecule has 0 radical (unpaired) electrons. The summed E-state index contributed by atoms with van der Waals surface area (Å²) in [5.74, 6) is -0.0337. The van der Waals surface area contributed by atoms with Crippen LogP contribution in [0.4, 0.5) is 0 Å². The molecule has 2 amide bonds. The van der Waals surface area contributed by atoms with Gasteiger partial charge in [-0.15, -0.1) is 0 Å². The van der Waals surface area contributed by atoms with Gasteiger partial charge in [-0.05, 0) is 34.9 Å². The minimum Gasteiger partial charge on any atom is -0.484 e. The first kappa shape index (κ1) is 22.0. The molecule has 0 aliphatic rings. The Kier molecular flexibility index (Phi) is 6.86. The lowest BCUT2D eigenvalue weighted by Gasteiger charge is -2.33. The molecule has 0 fully saturated rings. The largest absolute Gasteiger partial charge is 0.484 e. The van der Waals surface area contributed by atoms with Crippen LogP contribution < -0.4 is 15.6 Å². The van der Waals surface area contributed by atoms with Crippen LogP contribution in [0.25, 0.3) is 0 Å². The Bertz CT molecular complexity index is 620. The number of carbonyl (C=O) groups excluding carboxylic acids is 2. The first-order chi connectivity index (χ1) is 11.7. The minimum absolute atomic E-state index is 0.0609. The normalized spacial score (nSPS) is 12.5. The molecule has 0 saturated carbocycles. The van der Waals surface area contributed by atoms with E-state index >= 15 is 0 Å². The molecule has 0 atom stereocenters. The molecule has 0 heterocycles. The van der Waals surface area contributed by atoms with Crippen LogP contribution in [0, 0.1) is 10.8 Å². The van der Waals surface area contributed by atoms with Gasteiger partial charge in [-0.2, -0.15) is 0 Å². The number of hydrogen-bond acceptors (Lipinski definition) is 3. The zero-order valence-electron chi connectivity index (χ0n) is 17.4. The van der Waals surface area contributed by atoms with E-state index in [0.717, 1.165) is 6.42 Å². The Balaban J connectivity index is 2.55. The molecule has 1 aromatic rings. The third-order valence-corrected chi connectivity index (χ3v) is 3.97. The first-order valence-electron chi connectivity index (χ1n) is 9.03. The Morgan fingerprint density at radius 1 is 0.885 bits per heavy atom. The average molecular weight is 363 g/mol. The van der Waals surface area contributed by atoms with Crippen molar-refractivity contribution in [3.63, 3.8) is 0 Å². The standard InChI is InChI=1S/C21H34N2O3/c1-19(2,3)14-21(7,8)15-9-11-16(12-10-15)26-13-17(24)22-23-18(25)20(4,5)6/h9-12H,13-14H2,1-8H3,(H,22,24)(H,23,25). The van der Waals surface area contributed by atoms with Crippen molar-refractivity contribution >= 4 is 11.8 Å². The van der Waals surface area contributed by atoms with Crippen molar-refractivity contribution in [1.29, 1.82) is 0 Å². The summed E-state index contributed by atoms with van der Waals surface area (Å²) in [6.07, 6.45) is 1.07. The molecule has 0 aromatic heterocycles. The van der Waals surface area contributed by atoms with Gasteiger partial charge in [-0.1, -0.05) is 67.5 Å². The van der Waals surface area contributed by atoms with E-state index in [9.17, 15) is 9.59 Å². The van der Waals surface area contributed by atoms with Crippen molar-refractivity contribution in [2.75, 3.05) is 6.61 Å². The molecule has 0 aliphatic heterocycles. The van der Waals surface area contributed by atoms with Gasteiger partial charge in [0.05, 0.1) is 0 Å². The molecular formula is C21H34N2O3. The van der Waals surface area contributed by atoms with Crippen molar-refractivity contribution in [1.82, 2.24) is 10.9 Å². The second kappa shape index (κ2) is 8.11. The number of ether oxygens (including phenoxy) is 1. The van der Waals surface area contributed by atoms with Crippen LogP contribution in [0.1, 0.15) is 67.4 Å². The molecule has 0 aliphatic carbocycles. The smallest absolute Gasteiger partial charge is 0.276 e. The van der Waals surface area contributed by atoms with Crippen molar-refractivity contribution in [2.45, 2.75) is 67.2 Å². The van der Waals surface area contributed by atoms with E-state index in [1.54, 1.807) is 20.8 Å². The lowest BCUT2D eigenvalue weighted by atomic mass is 9.72. The monoisotopic (exact) mass is 362 g/mol. The molecule has 0 spiro atoms. The number of nitrogens with one attached hydrogen (secondary N) is 2. The summed E-state index contributed by atoms with van der Waals surface area (Å²) in [5, 5.41) is 0. The maximum atomic E-state index is 11.8. The van der Waals surface area contributed by atoms with Gasteiger partial charge in [0, 0.05) is 5.41 Å². The van der Waals surface area contributed by atoms with Crippen molar-refractivity contribution < 1.29 is 14.3 Å². The average Bonchev–Trinajstić information content (AvgIpc) is 2.47. The van der Waals surface area contributed by atoms with Crippen LogP contribution in [-0.4, -0.2) is 18.4 Å². The molecule has 26 heavy (non-hydrogen) atoms. The highest BCUT2D eigenvalue weighted by Crippen LogP contribution is 2.36. The molecule has 2 N–H and O–H groups in total. The molecule has 1 aromatic carbocycles. The lowest BCUT2D eigenvalue weighted by molar-refractivity contribution is -0.134. The van der Waals surface area contributed by atoms with Crippen LogP contribution in [0.2, 0.25) is 0 Å². The third-order valence-electron chi connectivity index (χ3n) is 3.97. The van der Waals surface area contributed by atoms with E-state index in [-0.39, 0.29) is 23.3 Å². The zero-order valence-corrected chi connectivity index (χ0v) is 17.4. The first-order valence-corrected chi connectivity index (χ1v) is 9.03. The van der Waals surface area contributed by atoms with Crippen molar-refractivity contribution in [3.05, 3.63) is 29.8 Å². The Labute approximate surface area is 157 Å². The lowest BCUT2D eigenvalue weighted by Crippen LogP contribution is -2.48. The number of benzene rings is 1. The highest BCUT2D eigenvalue weighted by atomic mass is 16.5. The Morgan fingerprint density at radius 3 is 1.88 bits per heavy atom. The fraction of sp³-hybridized carbons (Fsp3) is 0.619. The second-order valence-corrected chi connectivity index (χ2v) is 9.69. The number of rotatable bonds is 5. The molecular weight excluding hydrogens is 328 g/mol. The van der Waals surface area contributed by atoms with Gasteiger partial charge in [-0.25, -0.2) is 0 Å². The third kappa shape index (κ3) is 7.46. The molecule has 5 nitrogen and oxygen atoms in total. The van der Waals surface area contributed by atoms with Crippen LogP contribution in [0.3, 0.4) is 0 Å². The van der Waals surface area contributed by atoms with Crippen LogP contribution in [-0.2, 0) is 15.0 Å². The predicted octanol–water partition coefficient (Wildman–Crippen LogP) is 3.97. The topological polar surface area (TPSA) is 67.4 Å². The summed E-state index contributed by atoms with van der Waals surface area (Å²) < 4.78 is 5.49. The van der Waals surface area contributed by atoms with Gasteiger partial charge < -0.3 is 4.74 Å². The van der Waals surface area contributed by atoms with E-state index in [4.69, 9.17) is 4.74 Å².